The lowest BCUT2D eigenvalue weighted by Gasteiger charge is -2.25. The zero-order valence-corrected chi connectivity index (χ0v) is 16.6. The van der Waals surface area contributed by atoms with E-state index in [4.69, 9.17) is 4.74 Å². The van der Waals surface area contributed by atoms with Crippen LogP contribution in [-0.4, -0.2) is 35.7 Å². The average molecular weight is 391 g/mol. The number of amides is 1. The Morgan fingerprint density at radius 1 is 1.10 bits per heavy atom. The maximum atomic E-state index is 12.5. The van der Waals surface area contributed by atoms with Gasteiger partial charge in [0.25, 0.3) is 0 Å². The first-order valence-corrected chi connectivity index (χ1v) is 10.2. The summed E-state index contributed by atoms with van der Waals surface area (Å²) in [4.78, 5) is 39.0. The molecule has 0 radical (unpaired) electrons. The van der Waals surface area contributed by atoms with Gasteiger partial charge in [-0.15, -0.1) is 0 Å². The summed E-state index contributed by atoms with van der Waals surface area (Å²) in [5, 5.41) is 0. The summed E-state index contributed by atoms with van der Waals surface area (Å²) in [5.74, 6) is -1.27. The topological polar surface area (TPSA) is 63.7 Å². The summed E-state index contributed by atoms with van der Waals surface area (Å²) >= 11 is 0. The van der Waals surface area contributed by atoms with Gasteiger partial charge in [-0.1, -0.05) is 42.5 Å². The molecule has 2 aromatic rings. The van der Waals surface area contributed by atoms with Crippen LogP contribution in [0.1, 0.15) is 52.9 Å². The standard InChI is InChI=1S/C24H25NO4/c1-16(17-6-3-2-4-7-17)25-14-21(13-23(25)27)24(28)29-15-22(26)20-11-10-18-8-5-9-19(18)12-20/h2-4,6-7,10-12,16,21H,5,8-9,13-15H2,1H3/t16-,21+/m1/s1. The Morgan fingerprint density at radius 3 is 2.66 bits per heavy atom. The molecule has 1 heterocycles. The van der Waals surface area contributed by atoms with E-state index in [9.17, 15) is 14.4 Å². The van der Waals surface area contributed by atoms with Gasteiger partial charge in [0.2, 0.25) is 5.91 Å². The molecule has 29 heavy (non-hydrogen) atoms. The Labute approximate surface area is 170 Å². The number of nitrogens with zero attached hydrogens (tertiary/aromatic N) is 1. The molecular formula is C24H25NO4. The molecule has 2 atom stereocenters. The summed E-state index contributed by atoms with van der Waals surface area (Å²) in [6.07, 6.45) is 3.31. The molecule has 150 valence electrons. The third kappa shape index (κ3) is 4.09. The molecule has 0 bridgehead atoms. The highest BCUT2D eigenvalue weighted by Crippen LogP contribution is 2.29. The third-order valence-electron chi connectivity index (χ3n) is 6.01. The number of likely N-dealkylation sites (tertiary alicyclic amines) is 1. The number of benzene rings is 2. The van der Waals surface area contributed by atoms with Gasteiger partial charge in [0.1, 0.15) is 0 Å². The zero-order chi connectivity index (χ0) is 20.4. The van der Waals surface area contributed by atoms with E-state index in [2.05, 4.69) is 0 Å². The van der Waals surface area contributed by atoms with E-state index in [0.717, 1.165) is 24.8 Å². The molecule has 1 saturated heterocycles. The van der Waals surface area contributed by atoms with Crippen LogP contribution >= 0.6 is 0 Å². The predicted molar refractivity (Wildman–Crippen MR) is 108 cm³/mol. The van der Waals surface area contributed by atoms with E-state index in [1.165, 1.54) is 11.1 Å². The number of rotatable bonds is 6. The first-order valence-electron chi connectivity index (χ1n) is 10.2. The number of aryl methyl sites for hydroxylation is 2. The van der Waals surface area contributed by atoms with Crippen LogP contribution < -0.4 is 0 Å². The number of carbonyl (C=O) groups is 3. The molecule has 0 unspecified atom stereocenters. The van der Waals surface area contributed by atoms with Crippen molar-refractivity contribution in [2.75, 3.05) is 13.2 Å². The fraction of sp³-hybridized carbons (Fsp3) is 0.375. The monoisotopic (exact) mass is 391 g/mol. The van der Waals surface area contributed by atoms with E-state index >= 15 is 0 Å². The van der Waals surface area contributed by atoms with Gasteiger partial charge in [0, 0.05) is 18.5 Å². The van der Waals surface area contributed by atoms with E-state index in [-0.39, 0.29) is 30.8 Å². The van der Waals surface area contributed by atoms with Crippen molar-refractivity contribution in [3.63, 3.8) is 0 Å². The molecule has 1 aliphatic heterocycles. The normalized spacial score (nSPS) is 19.1. The van der Waals surface area contributed by atoms with Crippen LogP contribution in [0.5, 0.6) is 0 Å². The Morgan fingerprint density at radius 2 is 1.86 bits per heavy atom. The quantitative estimate of drug-likeness (QED) is 0.558. The minimum Gasteiger partial charge on any atom is -0.457 e. The van der Waals surface area contributed by atoms with Crippen molar-refractivity contribution in [2.24, 2.45) is 5.92 Å². The van der Waals surface area contributed by atoms with E-state index in [1.807, 2.05) is 55.5 Å². The number of hydrogen-bond acceptors (Lipinski definition) is 4. The maximum absolute atomic E-state index is 12.5. The molecule has 2 aliphatic rings. The lowest BCUT2D eigenvalue weighted by Crippen LogP contribution is -2.30. The van der Waals surface area contributed by atoms with Crippen LogP contribution in [0.2, 0.25) is 0 Å². The number of carbonyl (C=O) groups excluding carboxylic acids is 3. The molecule has 1 amide bonds. The maximum Gasteiger partial charge on any atom is 0.311 e. The van der Waals surface area contributed by atoms with Crippen LogP contribution in [0.25, 0.3) is 0 Å². The van der Waals surface area contributed by atoms with Crippen molar-refractivity contribution in [3.8, 4) is 0 Å². The van der Waals surface area contributed by atoms with Crippen LogP contribution in [0, 0.1) is 5.92 Å². The lowest BCUT2D eigenvalue weighted by atomic mass is 10.0. The second kappa shape index (κ2) is 8.19. The summed E-state index contributed by atoms with van der Waals surface area (Å²) < 4.78 is 5.28. The highest BCUT2D eigenvalue weighted by Gasteiger charge is 2.38. The van der Waals surface area contributed by atoms with Crippen LogP contribution in [0.3, 0.4) is 0 Å². The fourth-order valence-electron chi connectivity index (χ4n) is 4.26. The SMILES string of the molecule is C[C@H](c1ccccc1)N1C[C@@H](C(=O)OCC(=O)c2ccc3c(c2)CCC3)CC1=O. The minimum atomic E-state index is -0.526. The van der Waals surface area contributed by atoms with Crippen molar-refractivity contribution in [1.82, 2.24) is 4.90 Å². The molecule has 0 spiro atoms. The number of hydrogen-bond donors (Lipinski definition) is 0. The van der Waals surface area contributed by atoms with Crippen molar-refractivity contribution in [1.29, 1.82) is 0 Å². The number of fused-ring (bicyclic) bond motifs is 1. The van der Waals surface area contributed by atoms with Gasteiger partial charge < -0.3 is 9.64 Å². The van der Waals surface area contributed by atoms with Crippen molar-refractivity contribution < 1.29 is 19.1 Å². The molecule has 5 heteroatoms. The van der Waals surface area contributed by atoms with Gasteiger partial charge in [0.05, 0.1) is 12.0 Å². The molecule has 4 rings (SSSR count). The largest absolute Gasteiger partial charge is 0.457 e. The molecule has 1 aliphatic carbocycles. The van der Waals surface area contributed by atoms with Crippen LogP contribution in [0.15, 0.2) is 48.5 Å². The summed E-state index contributed by atoms with van der Waals surface area (Å²) in [5.41, 5.74) is 4.13. The highest BCUT2D eigenvalue weighted by atomic mass is 16.5. The smallest absolute Gasteiger partial charge is 0.311 e. The van der Waals surface area contributed by atoms with E-state index in [0.29, 0.717) is 12.1 Å². The minimum absolute atomic E-state index is 0.0618. The van der Waals surface area contributed by atoms with Gasteiger partial charge in [-0.3, -0.25) is 14.4 Å². The molecule has 5 nitrogen and oxygen atoms in total. The zero-order valence-electron chi connectivity index (χ0n) is 16.6. The van der Waals surface area contributed by atoms with Crippen molar-refractivity contribution in [2.45, 2.75) is 38.6 Å². The van der Waals surface area contributed by atoms with Crippen molar-refractivity contribution in [3.05, 3.63) is 70.8 Å². The van der Waals surface area contributed by atoms with Crippen LogP contribution in [0.4, 0.5) is 0 Å². The van der Waals surface area contributed by atoms with Gasteiger partial charge >= 0.3 is 5.97 Å². The second-order valence-corrected chi connectivity index (χ2v) is 7.90. The molecule has 0 N–H and O–H groups in total. The van der Waals surface area contributed by atoms with Crippen molar-refractivity contribution >= 4 is 17.7 Å². The number of ether oxygens (including phenoxy) is 1. The first-order chi connectivity index (χ1) is 14.0. The number of ketones is 1. The number of esters is 1. The Bertz CT molecular complexity index is 937. The Hall–Kier alpha value is -2.95. The predicted octanol–water partition coefficient (Wildman–Crippen LogP) is 3.51. The molecular weight excluding hydrogens is 366 g/mol. The molecule has 0 aromatic heterocycles. The Kier molecular flexibility index (Phi) is 5.47. The lowest BCUT2D eigenvalue weighted by molar-refractivity contribution is -0.147. The highest BCUT2D eigenvalue weighted by molar-refractivity contribution is 5.98. The first kappa shape index (κ1) is 19.4. The molecule has 2 aromatic carbocycles. The van der Waals surface area contributed by atoms with E-state index in [1.54, 1.807) is 4.90 Å². The summed E-state index contributed by atoms with van der Waals surface area (Å²) in [7, 11) is 0. The second-order valence-electron chi connectivity index (χ2n) is 7.90. The molecule has 0 saturated carbocycles. The summed E-state index contributed by atoms with van der Waals surface area (Å²) in [6.45, 7) is 2.00. The Balaban J connectivity index is 1.33. The third-order valence-corrected chi connectivity index (χ3v) is 6.01. The van der Waals surface area contributed by atoms with E-state index < -0.39 is 11.9 Å². The van der Waals surface area contributed by atoms with Gasteiger partial charge in [-0.05, 0) is 48.9 Å². The van der Waals surface area contributed by atoms with Crippen LogP contribution in [-0.2, 0) is 27.2 Å². The number of Topliss-reactive ketones (excluding diaryl/α,β-unsaturated/α-hetero) is 1. The van der Waals surface area contributed by atoms with Gasteiger partial charge in [-0.2, -0.15) is 0 Å². The molecule has 1 fully saturated rings. The van der Waals surface area contributed by atoms with Gasteiger partial charge in [-0.25, -0.2) is 0 Å². The fourth-order valence-corrected chi connectivity index (χ4v) is 4.26. The summed E-state index contributed by atoms with van der Waals surface area (Å²) in [6, 6.07) is 15.4. The van der Waals surface area contributed by atoms with Gasteiger partial charge in [0.15, 0.2) is 12.4 Å². The average Bonchev–Trinajstić information content (AvgIpc) is 3.37.